The van der Waals surface area contributed by atoms with Crippen LogP contribution in [0.5, 0.6) is 0 Å². The number of piperidine rings is 1. The summed E-state index contributed by atoms with van der Waals surface area (Å²) in [6, 6.07) is 5.28. The lowest BCUT2D eigenvalue weighted by Gasteiger charge is -2.33. The largest absolute Gasteiger partial charge is 0.381 e. The fraction of sp³-hybridized carbons (Fsp3) is 0.606. The highest BCUT2D eigenvalue weighted by molar-refractivity contribution is 7.84. The molecule has 1 fully saturated rings. The van der Waals surface area contributed by atoms with Crippen LogP contribution in [0.2, 0.25) is 5.02 Å². The maximum atomic E-state index is 15.1. The number of nitrogens with one attached hydrogen (secondary N) is 3. The van der Waals surface area contributed by atoms with Gasteiger partial charge in [0.05, 0.1) is 11.9 Å². The fourth-order valence-corrected chi connectivity index (χ4v) is 5.84. The van der Waals surface area contributed by atoms with E-state index < -0.39 is 10.8 Å². The van der Waals surface area contributed by atoms with Gasteiger partial charge >= 0.3 is 0 Å². The average molecular weight is 664 g/mol. The molecule has 1 aliphatic heterocycles. The number of anilines is 4. The number of aromatic amines is 1. The molecule has 3 aromatic rings. The van der Waals surface area contributed by atoms with Crippen LogP contribution in [0, 0.1) is 25.6 Å². The molecule has 45 heavy (non-hydrogen) atoms. The number of rotatable bonds is 15. The van der Waals surface area contributed by atoms with Crippen molar-refractivity contribution in [2.75, 3.05) is 55.5 Å². The molecule has 2 aromatic heterocycles. The number of H-pyrrole nitrogens is 1. The van der Waals surface area contributed by atoms with Crippen LogP contribution in [0.15, 0.2) is 24.4 Å². The first-order valence-corrected chi connectivity index (χ1v) is 18.2. The van der Waals surface area contributed by atoms with E-state index in [0.717, 1.165) is 87.0 Å². The van der Waals surface area contributed by atoms with E-state index in [1.165, 1.54) is 19.0 Å². The molecule has 1 aromatic carbocycles. The van der Waals surface area contributed by atoms with Gasteiger partial charge in [-0.1, -0.05) is 38.8 Å². The van der Waals surface area contributed by atoms with Crippen LogP contribution in [-0.4, -0.2) is 74.1 Å². The molecular weight excluding hydrogens is 613 g/mol. The smallest absolute Gasteiger partial charge is 0.229 e. The summed E-state index contributed by atoms with van der Waals surface area (Å²) in [6.07, 6.45) is 9.77. The normalized spacial score (nSPS) is 15.3. The summed E-state index contributed by atoms with van der Waals surface area (Å²) in [5.74, 6) is 2.75. The number of benzene rings is 1. The van der Waals surface area contributed by atoms with Crippen molar-refractivity contribution in [3.63, 3.8) is 0 Å². The zero-order chi connectivity index (χ0) is 32.8. The van der Waals surface area contributed by atoms with Gasteiger partial charge in [-0.3, -0.25) is 9.31 Å². The number of halogens is 2. The first-order chi connectivity index (χ1) is 21.6. The lowest BCUT2D eigenvalue weighted by molar-refractivity contribution is 0.122. The van der Waals surface area contributed by atoms with Gasteiger partial charge in [-0.25, -0.2) is 9.37 Å². The molecule has 0 bridgehead atoms. The van der Waals surface area contributed by atoms with Gasteiger partial charge in [0.2, 0.25) is 5.95 Å². The van der Waals surface area contributed by atoms with E-state index >= 15 is 4.39 Å². The van der Waals surface area contributed by atoms with Crippen LogP contribution in [0.4, 0.5) is 27.7 Å². The Balaban J connectivity index is 0.000000477. The molecule has 0 aliphatic carbocycles. The highest BCUT2D eigenvalue weighted by Gasteiger charge is 2.23. The zero-order valence-corrected chi connectivity index (χ0v) is 29.3. The van der Waals surface area contributed by atoms with Crippen LogP contribution < -0.4 is 10.6 Å². The number of aromatic nitrogens is 4. The molecule has 12 heteroatoms. The Hall–Kier alpha value is -2.60. The summed E-state index contributed by atoms with van der Waals surface area (Å²) in [5, 5.41) is 13.3. The Morgan fingerprint density at radius 2 is 1.93 bits per heavy atom. The number of hydrogen-bond donors (Lipinski definition) is 3. The molecular formula is C33H51ClFN7O2S. The van der Waals surface area contributed by atoms with Crippen molar-refractivity contribution < 1.29 is 13.3 Å². The number of aryl methyl sites for hydroxylation is 2. The third-order valence-electron chi connectivity index (χ3n) is 8.03. The van der Waals surface area contributed by atoms with Crippen molar-refractivity contribution in [1.82, 2.24) is 25.1 Å². The van der Waals surface area contributed by atoms with Gasteiger partial charge in [-0.2, -0.15) is 10.1 Å². The standard InChI is InChI=1S/C24H31ClFN7OS.C9H20O/c1-15-11-21(28-24-27-14-19(25)23(30-24)29-22-12-16(2)31-32-22)20(26)13-18(15)17-5-8-33(9-6-17)7-4-10-35(3)34;1-4-7-10-8-6-9(3)5-2/h11-14,17H,4-10H2,1-3H3,(H3,27,28,29,30,31,32);9H,4-8H2,1-3H3. The number of hydrogen-bond acceptors (Lipinski definition) is 8. The van der Waals surface area contributed by atoms with Crippen molar-refractivity contribution in [1.29, 1.82) is 0 Å². The Morgan fingerprint density at radius 3 is 2.58 bits per heavy atom. The maximum Gasteiger partial charge on any atom is 0.229 e. The van der Waals surface area contributed by atoms with Gasteiger partial charge in [-0.15, -0.1) is 0 Å². The minimum atomic E-state index is -0.738. The first kappa shape index (κ1) is 36.9. The first-order valence-electron chi connectivity index (χ1n) is 16.1. The molecule has 9 nitrogen and oxygen atoms in total. The SMILES string of the molecule is CCCOCCC(C)CC.Cc1cc(Nc2nc(Nc3cc(C)c(C4CCN(CCCS(C)=O)CC4)cc3F)ncc2Cl)n[nH]1. The van der Waals surface area contributed by atoms with Gasteiger partial charge in [0.15, 0.2) is 11.6 Å². The lowest BCUT2D eigenvalue weighted by atomic mass is 9.86. The molecule has 2 unspecified atom stereocenters. The van der Waals surface area contributed by atoms with Crippen molar-refractivity contribution >= 4 is 45.7 Å². The predicted molar refractivity (Wildman–Crippen MR) is 185 cm³/mol. The summed E-state index contributed by atoms with van der Waals surface area (Å²) in [4.78, 5) is 11.0. The third-order valence-corrected chi connectivity index (χ3v) is 9.17. The molecule has 3 N–H and O–H groups in total. The fourth-order valence-electron chi connectivity index (χ4n) is 5.17. The molecule has 0 spiro atoms. The predicted octanol–water partition coefficient (Wildman–Crippen LogP) is 7.89. The Labute approximate surface area is 275 Å². The molecule has 250 valence electrons. The summed E-state index contributed by atoms with van der Waals surface area (Å²) in [7, 11) is -0.738. The Bertz CT molecular complexity index is 1350. The van der Waals surface area contributed by atoms with Crippen molar-refractivity contribution in [2.24, 2.45) is 5.92 Å². The van der Waals surface area contributed by atoms with Crippen LogP contribution in [0.25, 0.3) is 0 Å². The molecule has 4 rings (SSSR count). The minimum absolute atomic E-state index is 0.233. The van der Waals surface area contributed by atoms with Crippen LogP contribution in [-0.2, 0) is 15.5 Å². The van der Waals surface area contributed by atoms with Gasteiger partial charge < -0.3 is 20.3 Å². The number of ether oxygens (including phenoxy) is 1. The highest BCUT2D eigenvalue weighted by Crippen LogP contribution is 2.34. The van der Waals surface area contributed by atoms with E-state index in [2.05, 4.69) is 56.5 Å². The van der Waals surface area contributed by atoms with E-state index in [0.29, 0.717) is 28.3 Å². The van der Waals surface area contributed by atoms with Crippen molar-refractivity contribution in [2.45, 2.75) is 79.1 Å². The highest BCUT2D eigenvalue weighted by atomic mass is 35.5. The molecule has 1 aliphatic rings. The van der Waals surface area contributed by atoms with E-state index in [9.17, 15) is 4.21 Å². The van der Waals surface area contributed by atoms with E-state index in [1.54, 1.807) is 12.3 Å². The second-order valence-corrected chi connectivity index (χ2v) is 13.9. The minimum Gasteiger partial charge on any atom is -0.381 e. The Morgan fingerprint density at radius 1 is 1.18 bits per heavy atom. The molecule has 0 saturated carbocycles. The summed E-state index contributed by atoms with van der Waals surface area (Å²) < 4.78 is 31.7. The average Bonchev–Trinajstić information content (AvgIpc) is 3.43. The quantitative estimate of drug-likeness (QED) is 0.141. The second kappa shape index (κ2) is 19.2. The van der Waals surface area contributed by atoms with E-state index in [-0.39, 0.29) is 11.8 Å². The summed E-state index contributed by atoms with van der Waals surface area (Å²) in [5.41, 5.74) is 3.30. The van der Waals surface area contributed by atoms with Crippen LogP contribution >= 0.6 is 11.6 Å². The molecule has 0 amide bonds. The Kier molecular flexibility index (Phi) is 15.7. The topological polar surface area (TPSA) is 108 Å². The van der Waals surface area contributed by atoms with Crippen LogP contribution in [0.1, 0.15) is 82.0 Å². The van der Waals surface area contributed by atoms with Gasteiger partial charge in [-0.05, 0) is 101 Å². The summed E-state index contributed by atoms with van der Waals surface area (Å²) in [6.45, 7) is 15.3. The lowest BCUT2D eigenvalue weighted by Crippen LogP contribution is -2.34. The van der Waals surface area contributed by atoms with E-state index in [1.807, 2.05) is 26.0 Å². The van der Waals surface area contributed by atoms with E-state index in [4.69, 9.17) is 16.3 Å². The maximum absolute atomic E-state index is 15.1. The van der Waals surface area contributed by atoms with Gasteiger partial charge in [0, 0.05) is 47.8 Å². The zero-order valence-electron chi connectivity index (χ0n) is 27.7. The number of likely N-dealkylation sites (tertiary alicyclic amines) is 1. The molecule has 0 radical (unpaired) electrons. The van der Waals surface area contributed by atoms with Crippen molar-refractivity contribution in [3.05, 3.63) is 52.1 Å². The monoisotopic (exact) mass is 663 g/mol. The molecule has 2 atom stereocenters. The second-order valence-electron chi connectivity index (χ2n) is 11.9. The number of nitrogens with zero attached hydrogens (tertiary/aromatic N) is 4. The third kappa shape index (κ3) is 12.6. The molecule has 3 heterocycles. The van der Waals surface area contributed by atoms with Gasteiger partial charge in [0.1, 0.15) is 10.8 Å². The molecule has 1 saturated heterocycles. The summed E-state index contributed by atoms with van der Waals surface area (Å²) >= 11 is 6.23. The van der Waals surface area contributed by atoms with Crippen molar-refractivity contribution in [3.8, 4) is 0 Å². The van der Waals surface area contributed by atoms with Crippen LogP contribution in [0.3, 0.4) is 0 Å². The van der Waals surface area contributed by atoms with Gasteiger partial charge in [0.25, 0.3) is 0 Å².